The normalized spacial score (nSPS) is 10.8. The highest BCUT2D eigenvalue weighted by molar-refractivity contribution is 5.61. The summed E-state index contributed by atoms with van der Waals surface area (Å²) in [6.45, 7) is 6.09. The summed E-state index contributed by atoms with van der Waals surface area (Å²) in [6.07, 6.45) is 0. The quantitative estimate of drug-likeness (QED) is 0.591. The Kier molecular flexibility index (Phi) is 4.05. The van der Waals surface area contributed by atoms with E-state index in [2.05, 4.69) is 26.8 Å². The van der Waals surface area contributed by atoms with Crippen LogP contribution in [0.25, 0.3) is 0 Å². The van der Waals surface area contributed by atoms with Gasteiger partial charge in [0.05, 0.1) is 11.6 Å². The largest absolute Gasteiger partial charge is 0.340 e. The van der Waals surface area contributed by atoms with Crippen LogP contribution in [0.2, 0.25) is 0 Å². The third kappa shape index (κ3) is 3.68. The zero-order chi connectivity index (χ0) is 15.5. The van der Waals surface area contributed by atoms with Crippen molar-refractivity contribution in [1.82, 2.24) is 9.97 Å². The van der Waals surface area contributed by atoms with E-state index >= 15 is 0 Å². The van der Waals surface area contributed by atoms with E-state index in [0.29, 0.717) is 23.0 Å². The first-order chi connectivity index (χ1) is 9.92. The lowest BCUT2D eigenvalue weighted by Gasteiger charge is -2.18. The Bertz CT molecular complexity index is 681. The zero-order valence-corrected chi connectivity index (χ0v) is 12.3. The molecule has 0 saturated heterocycles. The van der Waals surface area contributed by atoms with Gasteiger partial charge in [-0.1, -0.05) is 26.8 Å². The molecule has 2 aromatic rings. The maximum Gasteiger partial charge on any atom is 0.145 e. The Balaban J connectivity index is 2.37. The zero-order valence-electron chi connectivity index (χ0n) is 12.3. The maximum absolute atomic E-state index is 8.93. The third-order valence-electron chi connectivity index (χ3n) is 2.81. The number of aromatic nitrogens is 2. The van der Waals surface area contributed by atoms with Gasteiger partial charge < -0.3 is 10.7 Å². The Morgan fingerprint density at radius 2 is 1.86 bits per heavy atom. The summed E-state index contributed by atoms with van der Waals surface area (Å²) in [7, 11) is 0. The van der Waals surface area contributed by atoms with E-state index in [9.17, 15) is 0 Å². The lowest BCUT2D eigenvalue weighted by Crippen LogP contribution is -2.19. The summed E-state index contributed by atoms with van der Waals surface area (Å²) < 4.78 is 0. The molecule has 0 amide bonds. The van der Waals surface area contributed by atoms with E-state index in [4.69, 9.17) is 11.1 Å². The maximum atomic E-state index is 8.93. The van der Waals surface area contributed by atoms with Gasteiger partial charge in [0.2, 0.25) is 0 Å². The number of nitrogens with one attached hydrogen (secondary N) is 2. The Hall–Kier alpha value is -2.65. The van der Waals surface area contributed by atoms with Crippen molar-refractivity contribution < 1.29 is 0 Å². The average molecular weight is 282 g/mol. The van der Waals surface area contributed by atoms with E-state index in [1.165, 1.54) is 0 Å². The molecule has 4 N–H and O–H groups in total. The van der Waals surface area contributed by atoms with E-state index in [1.54, 1.807) is 18.2 Å². The summed E-state index contributed by atoms with van der Waals surface area (Å²) in [6, 6.07) is 11.0. The SMILES string of the molecule is CC(C)(C)c1nc(NN)cc(Nc2cccc(C#N)c2)n1. The van der Waals surface area contributed by atoms with Crippen LogP contribution in [0.15, 0.2) is 30.3 Å². The summed E-state index contributed by atoms with van der Waals surface area (Å²) in [5.41, 5.74) is 3.72. The van der Waals surface area contributed by atoms with E-state index in [1.807, 2.05) is 32.9 Å². The van der Waals surface area contributed by atoms with Gasteiger partial charge >= 0.3 is 0 Å². The smallest absolute Gasteiger partial charge is 0.145 e. The fourth-order valence-corrected chi connectivity index (χ4v) is 1.74. The van der Waals surface area contributed by atoms with Gasteiger partial charge in [0.15, 0.2) is 0 Å². The molecule has 21 heavy (non-hydrogen) atoms. The summed E-state index contributed by atoms with van der Waals surface area (Å²) >= 11 is 0. The molecule has 1 aromatic carbocycles. The molecule has 0 unspecified atom stereocenters. The Morgan fingerprint density at radius 3 is 2.48 bits per heavy atom. The number of hydrazine groups is 1. The number of hydrogen-bond donors (Lipinski definition) is 3. The molecule has 0 bridgehead atoms. The molecule has 0 aliphatic heterocycles. The van der Waals surface area contributed by atoms with Crippen LogP contribution in [-0.4, -0.2) is 9.97 Å². The molecule has 0 fully saturated rings. The number of hydrogen-bond acceptors (Lipinski definition) is 6. The van der Waals surface area contributed by atoms with Crippen molar-refractivity contribution in [3.63, 3.8) is 0 Å². The van der Waals surface area contributed by atoms with Gasteiger partial charge in [-0.3, -0.25) is 0 Å². The molecule has 108 valence electrons. The van der Waals surface area contributed by atoms with Crippen molar-refractivity contribution in [2.45, 2.75) is 26.2 Å². The van der Waals surface area contributed by atoms with Gasteiger partial charge in [0.25, 0.3) is 0 Å². The standard InChI is InChI=1S/C15H18N6/c1-15(2,3)14-19-12(8-13(20-14)21-17)18-11-6-4-5-10(7-11)9-16/h4-8H,17H2,1-3H3,(H2,18,19,20,21). The van der Waals surface area contributed by atoms with Crippen LogP contribution in [0, 0.1) is 11.3 Å². The van der Waals surface area contributed by atoms with Crippen molar-refractivity contribution in [2.24, 2.45) is 5.84 Å². The number of nitriles is 1. The van der Waals surface area contributed by atoms with Gasteiger partial charge in [-0.2, -0.15) is 5.26 Å². The first-order valence-corrected chi connectivity index (χ1v) is 6.56. The van der Waals surface area contributed by atoms with Gasteiger partial charge in [0.1, 0.15) is 17.5 Å². The summed E-state index contributed by atoms with van der Waals surface area (Å²) in [5, 5.41) is 12.1. The Labute approximate surface area is 124 Å². The number of benzene rings is 1. The van der Waals surface area contributed by atoms with Crippen LogP contribution in [0.3, 0.4) is 0 Å². The van der Waals surface area contributed by atoms with E-state index in [-0.39, 0.29) is 5.41 Å². The van der Waals surface area contributed by atoms with Crippen LogP contribution in [0.5, 0.6) is 0 Å². The molecule has 0 radical (unpaired) electrons. The van der Waals surface area contributed by atoms with Crippen molar-refractivity contribution in [3.8, 4) is 6.07 Å². The molecule has 0 atom stereocenters. The van der Waals surface area contributed by atoms with Crippen LogP contribution in [0.1, 0.15) is 32.2 Å². The number of anilines is 3. The highest BCUT2D eigenvalue weighted by Crippen LogP contribution is 2.24. The summed E-state index contributed by atoms with van der Waals surface area (Å²) in [5.74, 6) is 7.30. The molecule has 0 aliphatic rings. The molecule has 1 heterocycles. The second-order valence-corrected chi connectivity index (χ2v) is 5.67. The minimum Gasteiger partial charge on any atom is -0.340 e. The molecule has 0 aliphatic carbocycles. The number of nitrogens with zero attached hydrogens (tertiary/aromatic N) is 3. The minimum absolute atomic E-state index is 0.197. The van der Waals surface area contributed by atoms with Crippen LogP contribution in [-0.2, 0) is 5.41 Å². The lowest BCUT2D eigenvalue weighted by molar-refractivity contribution is 0.547. The summed E-state index contributed by atoms with van der Waals surface area (Å²) in [4.78, 5) is 8.86. The predicted molar refractivity (Wildman–Crippen MR) is 83.0 cm³/mol. The van der Waals surface area contributed by atoms with Gasteiger partial charge in [-0.25, -0.2) is 15.8 Å². The van der Waals surface area contributed by atoms with E-state index < -0.39 is 0 Å². The predicted octanol–water partition coefficient (Wildman–Crippen LogP) is 2.67. The van der Waals surface area contributed by atoms with Crippen LogP contribution < -0.4 is 16.6 Å². The Morgan fingerprint density at radius 1 is 1.14 bits per heavy atom. The molecule has 0 saturated carbocycles. The number of nitrogens with two attached hydrogens (primary N) is 1. The number of nitrogen functional groups attached to an aromatic ring is 1. The van der Waals surface area contributed by atoms with Gasteiger partial charge in [-0.15, -0.1) is 0 Å². The first-order valence-electron chi connectivity index (χ1n) is 6.56. The van der Waals surface area contributed by atoms with Gasteiger partial charge in [-0.05, 0) is 18.2 Å². The van der Waals surface area contributed by atoms with Gasteiger partial charge in [0, 0.05) is 17.2 Å². The lowest BCUT2D eigenvalue weighted by atomic mass is 9.96. The second kappa shape index (κ2) is 5.77. The first kappa shape index (κ1) is 14.8. The van der Waals surface area contributed by atoms with Crippen LogP contribution >= 0.6 is 0 Å². The highest BCUT2D eigenvalue weighted by atomic mass is 15.3. The molecular formula is C15H18N6. The molecule has 2 rings (SSSR count). The highest BCUT2D eigenvalue weighted by Gasteiger charge is 2.19. The van der Waals surface area contributed by atoms with Crippen molar-refractivity contribution in [2.75, 3.05) is 10.7 Å². The molecule has 1 aromatic heterocycles. The number of rotatable bonds is 3. The van der Waals surface area contributed by atoms with Crippen LogP contribution in [0.4, 0.5) is 17.3 Å². The van der Waals surface area contributed by atoms with Crippen molar-refractivity contribution in [1.29, 1.82) is 5.26 Å². The monoisotopic (exact) mass is 282 g/mol. The fourth-order valence-electron chi connectivity index (χ4n) is 1.74. The minimum atomic E-state index is -0.197. The van der Waals surface area contributed by atoms with E-state index in [0.717, 1.165) is 5.69 Å². The van der Waals surface area contributed by atoms with Crippen molar-refractivity contribution >= 4 is 17.3 Å². The topological polar surface area (TPSA) is 99.6 Å². The second-order valence-electron chi connectivity index (χ2n) is 5.67. The van der Waals surface area contributed by atoms with Crippen molar-refractivity contribution in [3.05, 3.63) is 41.7 Å². The fraction of sp³-hybridized carbons (Fsp3) is 0.267. The molecular weight excluding hydrogens is 264 g/mol. The molecule has 6 heteroatoms. The molecule has 6 nitrogen and oxygen atoms in total. The average Bonchev–Trinajstić information content (AvgIpc) is 2.46. The molecule has 0 spiro atoms. The third-order valence-corrected chi connectivity index (χ3v) is 2.81.